The Morgan fingerprint density at radius 2 is 2.10 bits per heavy atom. The van der Waals surface area contributed by atoms with Crippen molar-refractivity contribution in [1.29, 1.82) is 0 Å². The second kappa shape index (κ2) is 5.49. The Labute approximate surface area is 121 Å². The predicted molar refractivity (Wildman–Crippen MR) is 81.0 cm³/mol. The van der Waals surface area contributed by atoms with Crippen molar-refractivity contribution in [2.75, 3.05) is 6.54 Å². The minimum atomic E-state index is -0.127. The molecule has 0 amide bonds. The van der Waals surface area contributed by atoms with Crippen molar-refractivity contribution in [3.63, 3.8) is 0 Å². The molecule has 0 fully saturated rings. The van der Waals surface area contributed by atoms with Gasteiger partial charge in [-0.05, 0) is 31.5 Å². The van der Waals surface area contributed by atoms with Crippen molar-refractivity contribution < 1.29 is 0 Å². The number of aryl methyl sites for hydroxylation is 2. The van der Waals surface area contributed by atoms with Crippen molar-refractivity contribution in [3.8, 4) is 11.4 Å². The van der Waals surface area contributed by atoms with Crippen molar-refractivity contribution in [2.24, 2.45) is 12.8 Å². The molecule has 0 spiro atoms. The predicted octanol–water partition coefficient (Wildman–Crippen LogP) is 0.986. The molecule has 3 heterocycles. The Morgan fingerprint density at radius 1 is 1.24 bits per heavy atom. The molecule has 2 N–H and O–H groups in total. The third kappa shape index (κ3) is 2.45. The highest BCUT2D eigenvalue weighted by atomic mass is 16.1. The molecule has 0 atom stereocenters. The maximum Gasteiger partial charge on any atom is 0.274 e. The van der Waals surface area contributed by atoms with Gasteiger partial charge in [0.15, 0.2) is 0 Å². The van der Waals surface area contributed by atoms with Gasteiger partial charge in [0, 0.05) is 31.1 Å². The fourth-order valence-electron chi connectivity index (χ4n) is 2.38. The first-order chi connectivity index (χ1) is 10.2. The molecule has 0 aliphatic carbocycles. The zero-order chi connectivity index (χ0) is 14.8. The number of fused-ring (bicyclic) bond motifs is 1. The van der Waals surface area contributed by atoms with Gasteiger partial charge in [-0.3, -0.25) is 9.78 Å². The highest BCUT2D eigenvalue weighted by Crippen LogP contribution is 2.16. The van der Waals surface area contributed by atoms with Crippen LogP contribution in [0.25, 0.3) is 17.0 Å². The van der Waals surface area contributed by atoms with Crippen LogP contribution in [0.5, 0.6) is 0 Å². The molecule has 0 bridgehead atoms. The molecular weight excluding hydrogens is 266 g/mol. The van der Waals surface area contributed by atoms with Crippen LogP contribution in [0.2, 0.25) is 0 Å². The number of nitrogens with zero attached hydrogens (tertiary/aromatic N) is 4. The van der Waals surface area contributed by atoms with Crippen LogP contribution < -0.4 is 11.3 Å². The molecule has 0 saturated carbocycles. The molecule has 0 aliphatic heterocycles. The summed E-state index contributed by atoms with van der Waals surface area (Å²) in [5, 5.41) is 4.36. The Kier molecular flexibility index (Phi) is 3.53. The van der Waals surface area contributed by atoms with Gasteiger partial charge >= 0.3 is 0 Å². The van der Waals surface area contributed by atoms with Crippen LogP contribution in [-0.2, 0) is 13.5 Å². The van der Waals surface area contributed by atoms with Gasteiger partial charge in [0.05, 0.1) is 5.69 Å². The van der Waals surface area contributed by atoms with E-state index in [4.69, 9.17) is 5.73 Å². The van der Waals surface area contributed by atoms with Crippen LogP contribution in [0.3, 0.4) is 0 Å². The summed E-state index contributed by atoms with van der Waals surface area (Å²) in [4.78, 5) is 16.5. The van der Waals surface area contributed by atoms with Gasteiger partial charge in [-0.2, -0.15) is 9.61 Å². The van der Waals surface area contributed by atoms with Crippen molar-refractivity contribution in [2.45, 2.75) is 12.8 Å². The first kappa shape index (κ1) is 13.5. The van der Waals surface area contributed by atoms with E-state index in [1.165, 1.54) is 4.52 Å². The quantitative estimate of drug-likeness (QED) is 0.774. The van der Waals surface area contributed by atoms with E-state index >= 15 is 0 Å². The Balaban J connectivity index is 2.15. The molecule has 0 aromatic carbocycles. The summed E-state index contributed by atoms with van der Waals surface area (Å²) in [6.45, 7) is 0.609. The van der Waals surface area contributed by atoms with E-state index < -0.39 is 0 Å². The maximum atomic E-state index is 12.2. The molecule has 0 radical (unpaired) electrons. The van der Waals surface area contributed by atoms with Crippen LogP contribution in [0.15, 0.2) is 41.3 Å². The van der Waals surface area contributed by atoms with Crippen molar-refractivity contribution >= 4 is 5.65 Å². The average molecular weight is 283 g/mol. The minimum absolute atomic E-state index is 0.127. The van der Waals surface area contributed by atoms with E-state index in [1.54, 1.807) is 12.3 Å². The number of pyridine rings is 1. The summed E-state index contributed by atoms with van der Waals surface area (Å²) in [5.74, 6) is 0. The summed E-state index contributed by atoms with van der Waals surface area (Å²) in [6, 6.07) is 9.13. The number of nitrogens with two attached hydrogens (primary N) is 1. The van der Waals surface area contributed by atoms with Crippen LogP contribution in [-0.4, -0.2) is 25.7 Å². The van der Waals surface area contributed by atoms with Gasteiger partial charge in [0.2, 0.25) is 0 Å². The second-order valence-electron chi connectivity index (χ2n) is 4.94. The number of rotatable bonds is 4. The lowest BCUT2D eigenvalue weighted by Gasteiger charge is -2.09. The fourth-order valence-corrected chi connectivity index (χ4v) is 2.38. The van der Waals surface area contributed by atoms with Gasteiger partial charge < -0.3 is 10.3 Å². The van der Waals surface area contributed by atoms with E-state index in [-0.39, 0.29) is 5.56 Å². The molecule has 0 aliphatic rings. The summed E-state index contributed by atoms with van der Waals surface area (Å²) < 4.78 is 3.40. The van der Waals surface area contributed by atoms with E-state index in [1.807, 2.05) is 35.9 Å². The van der Waals surface area contributed by atoms with E-state index in [9.17, 15) is 4.79 Å². The van der Waals surface area contributed by atoms with Gasteiger partial charge in [-0.15, -0.1) is 0 Å². The maximum absolute atomic E-state index is 12.2. The van der Waals surface area contributed by atoms with Crippen LogP contribution >= 0.6 is 0 Å². The topological polar surface area (TPSA) is 78.2 Å². The number of hydrogen-bond acceptors (Lipinski definition) is 4. The summed E-state index contributed by atoms with van der Waals surface area (Å²) >= 11 is 0. The molecule has 108 valence electrons. The van der Waals surface area contributed by atoms with Crippen molar-refractivity contribution in [1.82, 2.24) is 19.2 Å². The Morgan fingerprint density at radius 3 is 2.81 bits per heavy atom. The lowest BCUT2D eigenvalue weighted by Crippen LogP contribution is -2.20. The lowest BCUT2D eigenvalue weighted by atomic mass is 10.2. The number of aromatic nitrogens is 4. The number of hydrogen-bond donors (Lipinski definition) is 1. The molecule has 3 aromatic heterocycles. The average Bonchev–Trinajstić information content (AvgIpc) is 2.96. The molecule has 21 heavy (non-hydrogen) atoms. The second-order valence-corrected chi connectivity index (χ2v) is 4.94. The third-order valence-electron chi connectivity index (χ3n) is 3.53. The normalized spacial score (nSPS) is 11.1. The molecular formula is C15H17N5O. The molecule has 6 nitrogen and oxygen atoms in total. The van der Waals surface area contributed by atoms with Crippen molar-refractivity contribution in [3.05, 3.63) is 52.6 Å². The molecule has 3 aromatic rings. The molecule has 0 saturated heterocycles. The largest absolute Gasteiger partial charge is 0.333 e. The zero-order valence-corrected chi connectivity index (χ0v) is 11.9. The third-order valence-corrected chi connectivity index (χ3v) is 3.53. The monoisotopic (exact) mass is 283 g/mol. The zero-order valence-electron chi connectivity index (χ0n) is 11.9. The first-order valence-corrected chi connectivity index (χ1v) is 6.91. The van der Waals surface area contributed by atoms with E-state index in [0.29, 0.717) is 12.2 Å². The van der Waals surface area contributed by atoms with Gasteiger partial charge in [-0.1, -0.05) is 6.07 Å². The summed E-state index contributed by atoms with van der Waals surface area (Å²) in [5.41, 5.74) is 8.59. The van der Waals surface area contributed by atoms with Crippen LogP contribution in [0.1, 0.15) is 12.1 Å². The summed E-state index contributed by atoms with van der Waals surface area (Å²) in [6.07, 6.45) is 3.34. The van der Waals surface area contributed by atoms with Crippen LogP contribution in [0.4, 0.5) is 0 Å². The smallest absolute Gasteiger partial charge is 0.274 e. The highest BCUT2D eigenvalue weighted by Gasteiger charge is 2.11. The Bertz CT molecular complexity index is 819. The highest BCUT2D eigenvalue weighted by molar-refractivity contribution is 5.60. The standard InChI is InChI=1S/C15H17N5O/c1-19-11(5-4-7-16)9-15(21)20-14(19)10-13(18-20)12-6-2-3-8-17-12/h2-3,6,8-10H,4-5,7,16H2,1H3. The van der Waals surface area contributed by atoms with Gasteiger partial charge in [-0.25, -0.2) is 0 Å². The fraction of sp³-hybridized carbons (Fsp3) is 0.267. The van der Waals surface area contributed by atoms with E-state index in [2.05, 4.69) is 10.1 Å². The minimum Gasteiger partial charge on any atom is -0.333 e. The SMILES string of the molecule is Cn1c(CCCN)cc(=O)n2nc(-c3ccccn3)cc12. The molecule has 3 rings (SSSR count). The Hall–Kier alpha value is -2.47. The summed E-state index contributed by atoms with van der Waals surface area (Å²) in [7, 11) is 1.94. The first-order valence-electron chi connectivity index (χ1n) is 6.91. The molecule has 6 heteroatoms. The van der Waals surface area contributed by atoms with E-state index in [0.717, 1.165) is 29.9 Å². The molecule has 0 unspecified atom stereocenters. The van der Waals surface area contributed by atoms with Gasteiger partial charge in [0.25, 0.3) is 5.56 Å². The lowest BCUT2D eigenvalue weighted by molar-refractivity contribution is 0.725. The van der Waals surface area contributed by atoms with Crippen LogP contribution in [0, 0.1) is 0 Å². The van der Waals surface area contributed by atoms with Gasteiger partial charge in [0.1, 0.15) is 11.3 Å².